The van der Waals surface area contributed by atoms with E-state index in [-0.39, 0.29) is 5.91 Å². The van der Waals surface area contributed by atoms with Crippen LogP contribution in [0.25, 0.3) is 0 Å². The van der Waals surface area contributed by atoms with Crippen LogP contribution in [-0.2, 0) is 4.79 Å². The fraction of sp³-hybridized carbons (Fsp3) is 0.857. The van der Waals surface area contributed by atoms with Gasteiger partial charge < -0.3 is 5.32 Å². The van der Waals surface area contributed by atoms with Crippen molar-refractivity contribution in [2.45, 2.75) is 32.1 Å². The van der Waals surface area contributed by atoms with Gasteiger partial charge in [0, 0.05) is 13.0 Å². The van der Waals surface area contributed by atoms with Gasteiger partial charge in [-0.25, -0.2) is 0 Å². The quantitative estimate of drug-likeness (QED) is 0.518. The van der Waals surface area contributed by atoms with Gasteiger partial charge in [0.25, 0.3) is 0 Å². The van der Waals surface area contributed by atoms with Crippen LogP contribution in [-0.4, -0.2) is 12.5 Å². The Morgan fingerprint density at radius 2 is 1.89 bits per heavy atom. The first-order valence-corrected chi connectivity index (χ1v) is 3.66. The Hall–Kier alpha value is -0.530. The van der Waals surface area contributed by atoms with Crippen molar-refractivity contribution in [1.82, 2.24) is 5.32 Å². The SMILES string of the molecule is O=C1CCCCCCN1. The van der Waals surface area contributed by atoms with Gasteiger partial charge in [-0.1, -0.05) is 12.8 Å². The summed E-state index contributed by atoms with van der Waals surface area (Å²) in [6, 6.07) is 0. The third kappa shape index (κ3) is 2.49. The molecule has 0 aromatic rings. The van der Waals surface area contributed by atoms with E-state index in [1.54, 1.807) is 0 Å². The normalized spacial score (nSPS) is 22.0. The monoisotopic (exact) mass is 127 g/mol. The lowest BCUT2D eigenvalue weighted by Crippen LogP contribution is -2.25. The molecule has 0 unspecified atom stereocenters. The molecule has 0 aromatic heterocycles. The summed E-state index contributed by atoms with van der Waals surface area (Å²) < 4.78 is 0. The van der Waals surface area contributed by atoms with Crippen molar-refractivity contribution in [3.05, 3.63) is 0 Å². The highest BCUT2D eigenvalue weighted by Gasteiger charge is 2.02. The van der Waals surface area contributed by atoms with E-state index >= 15 is 0 Å². The zero-order valence-electron chi connectivity index (χ0n) is 5.65. The molecule has 2 heteroatoms. The fourth-order valence-corrected chi connectivity index (χ4v) is 1.08. The van der Waals surface area contributed by atoms with Gasteiger partial charge in [-0.2, -0.15) is 0 Å². The molecule has 52 valence electrons. The van der Waals surface area contributed by atoms with Gasteiger partial charge in [0.2, 0.25) is 5.91 Å². The Labute approximate surface area is 55.6 Å². The number of amides is 1. The molecule has 2 nitrogen and oxygen atoms in total. The largest absolute Gasteiger partial charge is 0.356 e. The van der Waals surface area contributed by atoms with Gasteiger partial charge in [0.05, 0.1) is 0 Å². The number of hydrogen-bond donors (Lipinski definition) is 1. The highest BCUT2D eigenvalue weighted by molar-refractivity contribution is 5.75. The summed E-state index contributed by atoms with van der Waals surface area (Å²) in [7, 11) is 0. The van der Waals surface area contributed by atoms with Crippen molar-refractivity contribution >= 4 is 5.91 Å². The lowest BCUT2D eigenvalue weighted by Gasteiger charge is -2.08. The van der Waals surface area contributed by atoms with E-state index < -0.39 is 0 Å². The zero-order chi connectivity index (χ0) is 6.53. The van der Waals surface area contributed by atoms with E-state index in [1.165, 1.54) is 12.8 Å². The van der Waals surface area contributed by atoms with Gasteiger partial charge in [-0.3, -0.25) is 4.79 Å². The second-order valence-corrected chi connectivity index (χ2v) is 2.51. The Balaban J connectivity index is 2.20. The summed E-state index contributed by atoms with van der Waals surface area (Å²) in [5.74, 6) is 0.231. The van der Waals surface area contributed by atoms with Crippen LogP contribution in [0.2, 0.25) is 0 Å². The van der Waals surface area contributed by atoms with Gasteiger partial charge in [-0.15, -0.1) is 0 Å². The molecule has 1 amide bonds. The van der Waals surface area contributed by atoms with Crippen LogP contribution < -0.4 is 5.32 Å². The molecule has 0 atom stereocenters. The van der Waals surface area contributed by atoms with Gasteiger partial charge in [0.15, 0.2) is 0 Å². The van der Waals surface area contributed by atoms with Crippen molar-refractivity contribution in [3.63, 3.8) is 0 Å². The molecular formula is C7H13NO. The molecule has 1 rings (SSSR count). The standard InChI is InChI=1S/C7H13NO/c9-7-5-3-1-2-4-6-8-7/h1-6H2,(H,8,9). The summed E-state index contributed by atoms with van der Waals surface area (Å²) in [5.41, 5.74) is 0. The zero-order valence-corrected chi connectivity index (χ0v) is 5.65. The van der Waals surface area contributed by atoms with Crippen LogP contribution in [0, 0.1) is 0 Å². The Bertz CT molecular complexity index is 91.1. The smallest absolute Gasteiger partial charge is 0.219 e. The Morgan fingerprint density at radius 3 is 2.78 bits per heavy atom. The molecule has 0 aromatic carbocycles. The van der Waals surface area contributed by atoms with E-state index in [2.05, 4.69) is 5.32 Å². The first kappa shape index (κ1) is 6.59. The fourth-order valence-electron chi connectivity index (χ4n) is 1.08. The molecule has 1 aliphatic rings. The number of nitrogens with one attached hydrogen (secondary N) is 1. The van der Waals surface area contributed by atoms with E-state index in [1.807, 2.05) is 0 Å². The second-order valence-electron chi connectivity index (χ2n) is 2.51. The summed E-state index contributed by atoms with van der Waals surface area (Å²) in [6.45, 7) is 0.888. The number of carbonyl (C=O) groups excluding carboxylic acids is 1. The van der Waals surface area contributed by atoms with Gasteiger partial charge in [-0.05, 0) is 12.8 Å². The number of carbonyl (C=O) groups is 1. The van der Waals surface area contributed by atoms with Crippen LogP contribution in [0.5, 0.6) is 0 Å². The minimum atomic E-state index is 0.231. The maximum atomic E-state index is 10.7. The average molecular weight is 127 g/mol. The summed E-state index contributed by atoms with van der Waals surface area (Å²) >= 11 is 0. The lowest BCUT2D eigenvalue weighted by molar-refractivity contribution is -0.121. The molecule has 1 N–H and O–H groups in total. The molecular weight excluding hydrogens is 114 g/mol. The lowest BCUT2D eigenvalue weighted by atomic mass is 10.1. The third-order valence-corrected chi connectivity index (χ3v) is 1.65. The predicted molar refractivity (Wildman–Crippen MR) is 36.1 cm³/mol. The Kier molecular flexibility index (Phi) is 2.55. The van der Waals surface area contributed by atoms with Crippen LogP contribution in [0.15, 0.2) is 0 Å². The highest BCUT2D eigenvalue weighted by atomic mass is 16.1. The first-order chi connectivity index (χ1) is 4.39. The molecule has 1 saturated heterocycles. The van der Waals surface area contributed by atoms with Crippen LogP contribution >= 0.6 is 0 Å². The van der Waals surface area contributed by atoms with Crippen molar-refractivity contribution in [1.29, 1.82) is 0 Å². The van der Waals surface area contributed by atoms with Crippen LogP contribution in [0.4, 0.5) is 0 Å². The van der Waals surface area contributed by atoms with Crippen LogP contribution in [0.3, 0.4) is 0 Å². The van der Waals surface area contributed by atoms with E-state index in [0.29, 0.717) is 0 Å². The molecule has 0 aliphatic carbocycles. The summed E-state index contributed by atoms with van der Waals surface area (Å²) in [5, 5.41) is 2.85. The molecule has 0 saturated carbocycles. The predicted octanol–water partition coefficient (Wildman–Crippen LogP) is 1.07. The van der Waals surface area contributed by atoms with E-state index in [4.69, 9.17) is 0 Å². The van der Waals surface area contributed by atoms with Crippen molar-refractivity contribution < 1.29 is 4.79 Å². The number of rotatable bonds is 0. The molecule has 0 bridgehead atoms. The molecule has 1 heterocycles. The molecule has 0 spiro atoms. The average Bonchev–Trinajstić information content (AvgIpc) is 1.79. The van der Waals surface area contributed by atoms with Crippen molar-refractivity contribution in [2.75, 3.05) is 6.54 Å². The minimum Gasteiger partial charge on any atom is -0.356 e. The topological polar surface area (TPSA) is 29.1 Å². The third-order valence-electron chi connectivity index (χ3n) is 1.65. The number of hydrogen-bond acceptors (Lipinski definition) is 1. The molecule has 0 radical (unpaired) electrons. The maximum absolute atomic E-state index is 10.7. The second kappa shape index (κ2) is 3.49. The first-order valence-electron chi connectivity index (χ1n) is 3.66. The minimum absolute atomic E-state index is 0.231. The molecule has 1 aliphatic heterocycles. The maximum Gasteiger partial charge on any atom is 0.219 e. The van der Waals surface area contributed by atoms with Crippen molar-refractivity contribution in [2.24, 2.45) is 0 Å². The van der Waals surface area contributed by atoms with Crippen molar-refractivity contribution in [3.8, 4) is 0 Å². The van der Waals surface area contributed by atoms with Gasteiger partial charge >= 0.3 is 0 Å². The molecule has 9 heavy (non-hydrogen) atoms. The Morgan fingerprint density at radius 1 is 1.11 bits per heavy atom. The van der Waals surface area contributed by atoms with Crippen LogP contribution in [0.1, 0.15) is 32.1 Å². The highest BCUT2D eigenvalue weighted by Crippen LogP contribution is 2.04. The molecule has 1 fully saturated rings. The summed E-state index contributed by atoms with van der Waals surface area (Å²) in [6.07, 6.45) is 5.48. The summed E-state index contributed by atoms with van der Waals surface area (Å²) in [4.78, 5) is 10.7. The van der Waals surface area contributed by atoms with E-state index in [9.17, 15) is 4.79 Å². The van der Waals surface area contributed by atoms with Gasteiger partial charge in [0.1, 0.15) is 0 Å². The van der Waals surface area contributed by atoms with E-state index in [0.717, 1.165) is 25.8 Å².